The van der Waals surface area contributed by atoms with E-state index in [-0.39, 0.29) is 11.0 Å². The van der Waals surface area contributed by atoms with E-state index in [0.717, 1.165) is 13.2 Å². The molecule has 1 rings (SSSR count). The van der Waals surface area contributed by atoms with Crippen molar-refractivity contribution < 1.29 is 4.74 Å². The van der Waals surface area contributed by atoms with Gasteiger partial charge in [-0.1, -0.05) is 13.8 Å². The summed E-state index contributed by atoms with van der Waals surface area (Å²) in [4.78, 5) is 0. The van der Waals surface area contributed by atoms with E-state index < -0.39 is 0 Å². The minimum atomic E-state index is -0.0408. The minimum absolute atomic E-state index is 0.0408. The van der Waals surface area contributed by atoms with Crippen molar-refractivity contribution >= 4 is 0 Å². The van der Waals surface area contributed by atoms with Crippen LogP contribution in [0.2, 0.25) is 0 Å². The smallest absolute Gasteiger partial charge is 0.0598 e. The number of nitrogens with two attached hydrogens (primary N) is 1. The Morgan fingerprint density at radius 3 is 2.00 bits per heavy atom. The highest BCUT2D eigenvalue weighted by Gasteiger charge is 2.60. The second kappa shape index (κ2) is 2.96. The molecule has 1 atom stereocenters. The summed E-state index contributed by atoms with van der Waals surface area (Å²) in [6.07, 6.45) is 1.20. The summed E-state index contributed by atoms with van der Waals surface area (Å²) >= 11 is 0. The molecular formula is C11H23NO. The standard InChI is InChI=1S/C11H23NO/c1-9(2,3)13-8-11(7-12)6-10(11,4)5/h6-8,12H2,1-5H3. The Bertz CT molecular complexity index is 193. The molecule has 2 nitrogen and oxygen atoms in total. The zero-order valence-corrected chi connectivity index (χ0v) is 9.61. The molecule has 0 aromatic carbocycles. The van der Waals surface area contributed by atoms with Crippen LogP contribution in [-0.4, -0.2) is 18.8 Å². The van der Waals surface area contributed by atoms with Gasteiger partial charge < -0.3 is 10.5 Å². The Kier molecular flexibility index (Phi) is 2.50. The quantitative estimate of drug-likeness (QED) is 0.731. The van der Waals surface area contributed by atoms with Crippen LogP contribution in [-0.2, 0) is 4.74 Å². The highest BCUT2D eigenvalue weighted by Crippen LogP contribution is 2.62. The van der Waals surface area contributed by atoms with E-state index in [0.29, 0.717) is 5.41 Å². The van der Waals surface area contributed by atoms with Crippen molar-refractivity contribution in [2.75, 3.05) is 13.2 Å². The third kappa shape index (κ3) is 2.23. The molecule has 2 N–H and O–H groups in total. The molecule has 1 aliphatic rings. The molecular weight excluding hydrogens is 162 g/mol. The summed E-state index contributed by atoms with van der Waals surface area (Å²) in [5, 5.41) is 0. The maximum absolute atomic E-state index is 5.80. The summed E-state index contributed by atoms with van der Waals surface area (Å²) in [6, 6.07) is 0. The second-order valence-corrected chi connectivity index (χ2v) is 5.95. The van der Waals surface area contributed by atoms with Crippen LogP contribution in [0.4, 0.5) is 0 Å². The average molecular weight is 185 g/mol. The molecule has 0 radical (unpaired) electrons. The second-order valence-electron chi connectivity index (χ2n) is 5.95. The Morgan fingerprint density at radius 2 is 1.77 bits per heavy atom. The number of hydrogen-bond donors (Lipinski definition) is 1. The van der Waals surface area contributed by atoms with E-state index >= 15 is 0 Å². The Labute approximate surface area is 81.8 Å². The van der Waals surface area contributed by atoms with E-state index in [2.05, 4.69) is 34.6 Å². The SMILES string of the molecule is CC(C)(C)OCC1(CN)CC1(C)C. The van der Waals surface area contributed by atoms with E-state index in [1.165, 1.54) is 6.42 Å². The van der Waals surface area contributed by atoms with Gasteiger partial charge in [-0.15, -0.1) is 0 Å². The molecule has 0 spiro atoms. The molecule has 1 unspecified atom stereocenters. The predicted molar refractivity (Wildman–Crippen MR) is 55.6 cm³/mol. The van der Waals surface area contributed by atoms with Gasteiger partial charge in [0.2, 0.25) is 0 Å². The van der Waals surface area contributed by atoms with Gasteiger partial charge >= 0.3 is 0 Å². The molecule has 0 bridgehead atoms. The van der Waals surface area contributed by atoms with Gasteiger partial charge in [0.05, 0.1) is 12.2 Å². The fourth-order valence-electron chi connectivity index (χ4n) is 1.81. The lowest BCUT2D eigenvalue weighted by Crippen LogP contribution is -2.31. The maximum atomic E-state index is 5.80. The largest absolute Gasteiger partial charge is 0.375 e. The van der Waals surface area contributed by atoms with Crippen LogP contribution in [0.25, 0.3) is 0 Å². The fraction of sp³-hybridized carbons (Fsp3) is 1.00. The molecule has 1 saturated carbocycles. The van der Waals surface area contributed by atoms with Crippen LogP contribution >= 0.6 is 0 Å². The number of ether oxygens (including phenoxy) is 1. The van der Waals surface area contributed by atoms with Gasteiger partial charge in [-0.2, -0.15) is 0 Å². The summed E-state index contributed by atoms with van der Waals surface area (Å²) in [6.45, 7) is 12.4. The van der Waals surface area contributed by atoms with Crippen molar-refractivity contribution in [3.63, 3.8) is 0 Å². The molecule has 0 heterocycles. The summed E-state index contributed by atoms with van der Waals surface area (Å²) < 4.78 is 5.80. The molecule has 13 heavy (non-hydrogen) atoms. The lowest BCUT2D eigenvalue weighted by atomic mass is 9.97. The zero-order valence-electron chi connectivity index (χ0n) is 9.61. The van der Waals surface area contributed by atoms with Crippen molar-refractivity contribution in [2.45, 2.75) is 46.6 Å². The summed E-state index contributed by atoms with van der Waals surface area (Å²) in [5.41, 5.74) is 6.39. The van der Waals surface area contributed by atoms with Gasteiger partial charge in [0.15, 0.2) is 0 Å². The van der Waals surface area contributed by atoms with E-state index in [4.69, 9.17) is 10.5 Å². The van der Waals surface area contributed by atoms with Gasteiger partial charge in [0.1, 0.15) is 0 Å². The molecule has 0 aromatic rings. The van der Waals surface area contributed by atoms with Crippen LogP contribution < -0.4 is 5.73 Å². The Hall–Kier alpha value is -0.0800. The van der Waals surface area contributed by atoms with E-state index in [1.54, 1.807) is 0 Å². The molecule has 0 amide bonds. The van der Waals surface area contributed by atoms with Gasteiger partial charge in [0, 0.05) is 12.0 Å². The zero-order chi connectivity index (χ0) is 10.3. The van der Waals surface area contributed by atoms with Gasteiger partial charge in [-0.25, -0.2) is 0 Å². The summed E-state index contributed by atoms with van der Waals surface area (Å²) in [7, 11) is 0. The fourth-order valence-corrected chi connectivity index (χ4v) is 1.81. The molecule has 2 heteroatoms. The lowest BCUT2D eigenvalue weighted by Gasteiger charge is -2.25. The topological polar surface area (TPSA) is 35.2 Å². The third-order valence-corrected chi connectivity index (χ3v) is 3.26. The first-order valence-electron chi connectivity index (χ1n) is 5.07. The molecule has 0 saturated heterocycles. The number of rotatable bonds is 3. The number of hydrogen-bond acceptors (Lipinski definition) is 2. The highest BCUT2D eigenvalue weighted by molar-refractivity contribution is 5.10. The summed E-state index contributed by atoms with van der Waals surface area (Å²) in [5.74, 6) is 0. The van der Waals surface area contributed by atoms with Crippen molar-refractivity contribution in [1.29, 1.82) is 0 Å². The van der Waals surface area contributed by atoms with Crippen LogP contribution in [0.3, 0.4) is 0 Å². The molecule has 0 aromatic heterocycles. The first kappa shape index (κ1) is 11.0. The lowest BCUT2D eigenvalue weighted by molar-refractivity contribution is -0.0328. The third-order valence-electron chi connectivity index (χ3n) is 3.26. The van der Waals surface area contributed by atoms with Crippen LogP contribution in [0.1, 0.15) is 41.0 Å². The maximum Gasteiger partial charge on any atom is 0.0598 e. The van der Waals surface area contributed by atoms with E-state index in [9.17, 15) is 0 Å². The van der Waals surface area contributed by atoms with Gasteiger partial charge in [-0.3, -0.25) is 0 Å². The van der Waals surface area contributed by atoms with Gasteiger partial charge in [0.25, 0.3) is 0 Å². The first-order valence-corrected chi connectivity index (χ1v) is 5.07. The normalized spacial score (nSPS) is 31.8. The van der Waals surface area contributed by atoms with Gasteiger partial charge in [-0.05, 0) is 32.6 Å². The monoisotopic (exact) mass is 185 g/mol. The van der Waals surface area contributed by atoms with Crippen LogP contribution in [0.5, 0.6) is 0 Å². The molecule has 1 aliphatic carbocycles. The molecule has 1 fully saturated rings. The van der Waals surface area contributed by atoms with Crippen LogP contribution in [0, 0.1) is 10.8 Å². The molecule has 0 aliphatic heterocycles. The predicted octanol–water partition coefficient (Wildman–Crippen LogP) is 2.18. The van der Waals surface area contributed by atoms with Crippen molar-refractivity contribution in [1.82, 2.24) is 0 Å². The van der Waals surface area contributed by atoms with E-state index in [1.807, 2.05) is 0 Å². The Balaban J connectivity index is 2.45. The van der Waals surface area contributed by atoms with Crippen LogP contribution in [0.15, 0.2) is 0 Å². The van der Waals surface area contributed by atoms with Crippen molar-refractivity contribution in [3.05, 3.63) is 0 Å². The van der Waals surface area contributed by atoms with Crippen molar-refractivity contribution in [2.24, 2.45) is 16.6 Å². The average Bonchev–Trinajstić information content (AvgIpc) is 2.49. The minimum Gasteiger partial charge on any atom is -0.375 e. The highest BCUT2D eigenvalue weighted by atomic mass is 16.5. The molecule has 78 valence electrons. The van der Waals surface area contributed by atoms with Crippen molar-refractivity contribution in [3.8, 4) is 0 Å². The first-order chi connectivity index (χ1) is 5.72. The Morgan fingerprint density at radius 1 is 1.31 bits per heavy atom.